The Morgan fingerprint density at radius 1 is 1.05 bits per heavy atom. The molecule has 0 saturated carbocycles. The van der Waals surface area contributed by atoms with Crippen LogP contribution in [0.5, 0.6) is 0 Å². The molecule has 1 aromatic heterocycles. The third kappa shape index (κ3) is 3.31. The van der Waals surface area contributed by atoms with Crippen LogP contribution in [-0.4, -0.2) is 11.0 Å². The molecule has 2 aromatic rings. The molecule has 6 nitrogen and oxygen atoms in total. The number of carbonyl (C=O) groups excluding carboxylic acids is 1. The van der Waals surface area contributed by atoms with Crippen molar-refractivity contribution in [2.24, 2.45) is 0 Å². The van der Waals surface area contributed by atoms with Crippen LogP contribution in [0, 0.1) is 22.7 Å². The maximum atomic E-state index is 11.7. The van der Waals surface area contributed by atoms with Crippen molar-refractivity contribution in [3.8, 4) is 12.1 Å². The predicted octanol–water partition coefficient (Wildman–Crippen LogP) is 2.47. The van der Waals surface area contributed by atoms with E-state index in [0.29, 0.717) is 22.6 Å². The molecule has 0 atom stereocenters. The Morgan fingerprint density at radius 3 is 2.50 bits per heavy atom. The summed E-state index contributed by atoms with van der Waals surface area (Å²) in [5.41, 5.74) is 1.38. The number of hydrogen-bond donors (Lipinski definition) is 2. The number of aromatic nitrogens is 1. The second-order valence-electron chi connectivity index (χ2n) is 3.82. The Hall–Kier alpha value is -3.38. The van der Waals surface area contributed by atoms with Crippen molar-refractivity contribution in [2.45, 2.75) is 0 Å². The summed E-state index contributed by atoms with van der Waals surface area (Å²) >= 11 is 0. The normalized spacial score (nSPS) is 9.10. The van der Waals surface area contributed by atoms with E-state index in [1.807, 2.05) is 12.1 Å². The van der Waals surface area contributed by atoms with Gasteiger partial charge in [0.25, 0.3) is 0 Å². The molecule has 6 heteroatoms. The van der Waals surface area contributed by atoms with Gasteiger partial charge in [0.1, 0.15) is 11.9 Å². The molecule has 0 aliphatic rings. The largest absolute Gasteiger partial charge is 0.324 e. The third-order valence-corrected chi connectivity index (χ3v) is 2.38. The number of nitrogens with zero attached hydrogens (tertiary/aromatic N) is 3. The number of nitrogens with one attached hydrogen (secondary N) is 2. The summed E-state index contributed by atoms with van der Waals surface area (Å²) in [7, 11) is 0. The number of urea groups is 1. The van der Waals surface area contributed by atoms with E-state index in [1.165, 1.54) is 12.3 Å². The zero-order valence-electron chi connectivity index (χ0n) is 10.3. The smallest absolute Gasteiger partial charge is 0.308 e. The molecular weight excluding hydrogens is 254 g/mol. The first-order chi connectivity index (χ1) is 9.71. The van der Waals surface area contributed by atoms with Crippen molar-refractivity contribution < 1.29 is 4.79 Å². The topological polar surface area (TPSA) is 102 Å². The summed E-state index contributed by atoms with van der Waals surface area (Å²) in [5.74, 6) is 0.331. The maximum absolute atomic E-state index is 11.7. The second kappa shape index (κ2) is 5.98. The van der Waals surface area contributed by atoms with Gasteiger partial charge in [0.05, 0.1) is 17.2 Å². The number of carbonyl (C=O) groups is 1. The molecule has 1 aromatic carbocycles. The number of benzene rings is 1. The highest BCUT2D eigenvalue weighted by molar-refractivity contribution is 5.99. The number of amides is 2. The lowest BCUT2D eigenvalue weighted by Crippen LogP contribution is -2.20. The summed E-state index contributed by atoms with van der Waals surface area (Å²) in [5, 5.41) is 22.5. The zero-order valence-corrected chi connectivity index (χ0v) is 10.3. The fourth-order valence-corrected chi connectivity index (χ4v) is 1.48. The number of hydrogen-bond acceptors (Lipinski definition) is 4. The Balaban J connectivity index is 2.01. The molecule has 2 rings (SSSR count). The maximum Gasteiger partial charge on any atom is 0.324 e. The molecule has 1 heterocycles. The first kappa shape index (κ1) is 13.1. The van der Waals surface area contributed by atoms with Crippen LogP contribution in [0.2, 0.25) is 0 Å². The Labute approximate surface area is 115 Å². The molecule has 0 fully saturated rings. The summed E-state index contributed by atoms with van der Waals surface area (Å²) in [4.78, 5) is 15.6. The van der Waals surface area contributed by atoms with Crippen LogP contribution in [0.4, 0.5) is 16.3 Å². The van der Waals surface area contributed by atoms with Gasteiger partial charge in [-0.25, -0.2) is 9.78 Å². The summed E-state index contributed by atoms with van der Waals surface area (Å²) in [6, 6.07) is 13.1. The Morgan fingerprint density at radius 2 is 1.85 bits per heavy atom. The first-order valence-electron chi connectivity index (χ1n) is 5.65. The van der Waals surface area contributed by atoms with E-state index in [4.69, 9.17) is 10.5 Å². The van der Waals surface area contributed by atoms with Gasteiger partial charge in [-0.15, -0.1) is 0 Å². The van der Waals surface area contributed by atoms with Crippen LogP contribution in [0.3, 0.4) is 0 Å². The van der Waals surface area contributed by atoms with E-state index in [1.54, 1.807) is 30.3 Å². The molecule has 0 aliphatic heterocycles. The van der Waals surface area contributed by atoms with Crippen LogP contribution in [0.15, 0.2) is 42.6 Å². The van der Waals surface area contributed by atoms with E-state index >= 15 is 0 Å². The minimum absolute atomic E-state index is 0.331. The fourth-order valence-electron chi connectivity index (χ4n) is 1.48. The van der Waals surface area contributed by atoms with Crippen molar-refractivity contribution in [2.75, 3.05) is 10.6 Å². The van der Waals surface area contributed by atoms with E-state index in [2.05, 4.69) is 15.6 Å². The van der Waals surface area contributed by atoms with Crippen molar-refractivity contribution in [3.05, 3.63) is 53.7 Å². The molecule has 20 heavy (non-hydrogen) atoms. The number of anilines is 2. The van der Waals surface area contributed by atoms with E-state index < -0.39 is 6.03 Å². The van der Waals surface area contributed by atoms with Gasteiger partial charge in [-0.1, -0.05) is 6.07 Å². The van der Waals surface area contributed by atoms with Gasteiger partial charge >= 0.3 is 6.03 Å². The fraction of sp³-hybridized carbons (Fsp3) is 0. The molecule has 0 aliphatic carbocycles. The van der Waals surface area contributed by atoms with E-state index in [-0.39, 0.29) is 0 Å². The van der Waals surface area contributed by atoms with Crippen molar-refractivity contribution in [1.82, 2.24) is 4.98 Å². The molecular formula is C14H9N5O. The molecule has 0 spiro atoms. The monoisotopic (exact) mass is 263 g/mol. The van der Waals surface area contributed by atoms with Crippen molar-refractivity contribution in [1.29, 1.82) is 10.5 Å². The highest BCUT2D eigenvalue weighted by Gasteiger charge is 2.04. The minimum atomic E-state index is -0.475. The lowest BCUT2D eigenvalue weighted by Gasteiger charge is -2.07. The quantitative estimate of drug-likeness (QED) is 0.868. The lowest BCUT2D eigenvalue weighted by molar-refractivity contribution is 0.262. The highest BCUT2D eigenvalue weighted by atomic mass is 16.2. The van der Waals surface area contributed by atoms with Crippen LogP contribution >= 0.6 is 0 Å². The molecule has 0 saturated heterocycles. The standard InChI is InChI=1S/C14H9N5O/c15-7-10-2-1-3-12(6-10)18-14(20)19-13-5-4-11(8-16)9-17-13/h1-6,9H,(H2,17,18,19,20). The van der Waals surface area contributed by atoms with Gasteiger partial charge in [-0.3, -0.25) is 5.32 Å². The summed E-state index contributed by atoms with van der Waals surface area (Å²) in [6.45, 7) is 0. The van der Waals surface area contributed by atoms with E-state index in [9.17, 15) is 4.79 Å². The van der Waals surface area contributed by atoms with Gasteiger partial charge in [0.15, 0.2) is 0 Å². The predicted molar refractivity (Wildman–Crippen MR) is 72.8 cm³/mol. The van der Waals surface area contributed by atoms with Crippen LogP contribution < -0.4 is 10.6 Å². The molecule has 2 amide bonds. The molecule has 0 unspecified atom stereocenters. The molecule has 96 valence electrons. The van der Waals surface area contributed by atoms with Crippen LogP contribution in [-0.2, 0) is 0 Å². The average Bonchev–Trinajstić information content (AvgIpc) is 2.48. The molecule has 0 bridgehead atoms. The van der Waals surface area contributed by atoms with Gasteiger partial charge in [0, 0.05) is 11.9 Å². The first-order valence-corrected chi connectivity index (χ1v) is 5.65. The third-order valence-electron chi connectivity index (χ3n) is 2.38. The van der Waals surface area contributed by atoms with Crippen LogP contribution in [0.25, 0.3) is 0 Å². The molecule has 2 N–H and O–H groups in total. The van der Waals surface area contributed by atoms with Crippen molar-refractivity contribution in [3.63, 3.8) is 0 Å². The summed E-state index contributed by atoms with van der Waals surface area (Å²) < 4.78 is 0. The number of nitriles is 2. The van der Waals surface area contributed by atoms with Gasteiger partial charge < -0.3 is 5.32 Å². The van der Waals surface area contributed by atoms with Gasteiger partial charge in [0.2, 0.25) is 0 Å². The Kier molecular flexibility index (Phi) is 3.91. The molecule has 0 radical (unpaired) electrons. The zero-order chi connectivity index (χ0) is 14.4. The Bertz CT molecular complexity index is 710. The highest BCUT2D eigenvalue weighted by Crippen LogP contribution is 2.10. The van der Waals surface area contributed by atoms with Crippen molar-refractivity contribution >= 4 is 17.5 Å². The number of pyridine rings is 1. The minimum Gasteiger partial charge on any atom is -0.308 e. The van der Waals surface area contributed by atoms with E-state index in [0.717, 1.165) is 0 Å². The summed E-state index contributed by atoms with van der Waals surface area (Å²) in [6.07, 6.45) is 1.37. The average molecular weight is 263 g/mol. The second-order valence-corrected chi connectivity index (χ2v) is 3.82. The van der Waals surface area contributed by atoms with Crippen LogP contribution in [0.1, 0.15) is 11.1 Å². The SMILES string of the molecule is N#Cc1ccc(NC(=O)Nc2cccc(C#N)c2)nc1. The number of rotatable bonds is 2. The van der Waals surface area contributed by atoms with Gasteiger partial charge in [-0.2, -0.15) is 10.5 Å². The lowest BCUT2D eigenvalue weighted by atomic mass is 10.2. The van der Waals surface area contributed by atoms with Gasteiger partial charge in [-0.05, 0) is 30.3 Å².